The molecule has 0 saturated carbocycles. The molecule has 0 aliphatic rings. The predicted molar refractivity (Wildman–Crippen MR) is 83.5 cm³/mol. The molecule has 1 heterocycles. The highest BCUT2D eigenvalue weighted by Gasteiger charge is 2.07. The van der Waals surface area contributed by atoms with Crippen LogP contribution in [0.1, 0.15) is 29.0 Å². The van der Waals surface area contributed by atoms with Crippen LogP contribution >= 0.6 is 22.9 Å². The quantitative estimate of drug-likeness (QED) is 0.343. The van der Waals surface area contributed by atoms with E-state index < -0.39 is 0 Å². The maximum atomic E-state index is 8.60. The van der Waals surface area contributed by atoms with E-state index in [0.29, 0.717) is 5.56 Å². The summed E-state index contributed by atoms with van der Waals surface area (Å²) in [6.07, 6.45) is 0. The number of nitrogens with zero attached hydrogens (tertiary/aromatic N) is 1. The van der Waals surface area contributed by atoms with Crippen LogP contribution in [-0.2, 0) is 6.54 Å². The van der Waals surface area contributed by atoms with Crippen molar-refractivity contribution in [1.29, 1.82) is 0 Å². The van der Waals surface area contributed by atoms with Gasteiger partial charge < -0.3 is 16.3 Å². The van der Waals surface area contributed by atoms with E-state index in [1.54, 1.807) is 11.3 Å². The van der Waals surface area contributed by atoms with Crippen molar-refractivity contribution in [2.24, 2.45) is 10.9 Å². The van der Waals surface area contributed by atoms with Crippen LogP contribution < -0.4 is 11.1 Å². The topological polar surface area (TPSA) is 70.6 Å². The van der Waals surface area contributed by atoms with E-state index in [9.17, 15) is 0 Å². The van der Waals surface area contributed by atoms with Crippen LogP contribution in [0.3, 0.4) is 0 Å². The number of benzene rings is 1. The van der Waals surface area contributed by atoms with Gasteiger partial charge in [-0.1, -0.05) is 41.0 Å². The highest BCUT2D eigenvalue weighted by Crippen LogP contribution is 2.26. The Hall–Kier alpha value is -1.56. The van der Waals surface area contributed by atoms with Crippen molar-refractivity contribution in [3.8, 4) is 0 Å². The van der Waals surface area contributed by atoms with Gasteiger partial charge in [0, 0.05) is 23.0 Å². The molecule has 6 heteroatoms. The van der Waals surface area contributed by atoms with E-state index in [-0.39, 0.29) is 11.9 Å². The zero-order valence-electron chi connectivity index (χ0n) is 11.0. The summed E-state index contributed by atoms with van der Waals surface area (Å²) in [7, 11) is 0. The van der Waals surface area contributed by atoms with Gasteiger partial charge in [0.1, 0.15) is 0 Å². The summed E-state index contributed by atoms with van der Waals surface area (Å²) >= 11 is 7.51. The molecule has 1 unspecified atom stereocenters. The SMILES string of the molecule is CC(NCc1ccc(C(N)=NO)cc1)c1ccc(Cl)s1. The normalized spacial score (nSPS) is 13.4. The molecule has 1 aromatic heterocycles. The van der Waals surface area contributed by atoms with Crippen molar-refractivity contribution in [2.75, 3.05) is 0 Å². The Balaban J connectivity index is 1.94. The van der Waals surface area contributed by atoms with Crippen LogP contribution in [0.2, 0.25) is 4.34 Å². The fraction of sp³-hybridized carbons (Fsp3) is 0.214. The highest BCUT2D eigenvalue weighted by molar-refractivity contribution is 7.16. The van der Waals surface area contributed by atoms with E-state index in [1.165, 1.54) is 4.88 Å². The molecule has 0 aliphatic heterocycles. The maximum absolute atomic E-state index is 8.60. The number of hydrogen-bond donors (Lipinski definition) is 3. The third kappa shape index (κ3) is 3.72. The zero-order valence-corrected chi connectivity index (χ0v) is 12.6. The molecule has 0 fully saturated rings. The molecule has 4 N–H and O–H groups in total. The highest BCUT2D eigenvalue weighted by atomic mass is 35.5. The Morgan fingerprint density at radius 3 is 2.60 bits per heavy atom. The molecule has 106 valence electrons. The lowest BCUT2D eigenvalue weighted by Crippen LogP contribution is -2.17. The molecule has 0 radical (unpaired) electrons. The van der Waals surface area contributed by atoms with Gasteiger partial charge in [0.15, 0.2) is 5.84 Å². The van der Waals surface area contributed by atoms with Crippen molar-refractivity contribution in [1.82, 2.24) is 5.32 Å². The number of halogens is 1. The summed E-state index contributed by atoms with van der Waals surface area (Å²) in [5.74, 6) is 0.117. The average Bonchev–Trinajstić information content (AvgIpc) is 2.91. The number of thiophene rings is 1. The minimum absolute atomic E-state index is 0.117. The number of nitrogens with one attached hydrogen (secondary N) is 1. The molecular weight excluding hydrogens is 294 g/mol. The largest absolute Gasteiger partial charge is 0.409 e. The molecule has 1 aromatic carbocycles. The number of amidine groups is 1. The van der Waals surface area contributed by atoms with Gasteiger partial charge in [0.25, 0.3) is 0 Å². The number of rotatable bonds is 5. The molecule has 0 saturated heterocycles. The van der Waals surface area contributed by atoms with Gasteiger partial charge >= 0.3 is 0 Å². The van der Waals surface area contributed by atoms with Crippen LogP contribution in [0.15, 0.2) is 41.6 Å². The fourth-order valence-electron chi connectivity index (χ4n) is 1.78. The lowest BCUT2D eigenvalue weighted by Gasteiger charge is -2.12. The lowest BCUT2D eigenvalue weighted by molar-refractivity contribution is 0.318. The average molecular weight is 310 g/mol. The number of hydrogen-bond acceptors (Lipinski definition) is 4. The van der Waals surface area contributed by atoms with Gasteiger partial charge in [0.2, 0.25) is 0 Å². The minimum Gasteiger partial charge on any atom is -0.409 e. The zero-order chi connectivity index (χ0) is 14.5. The summed E-state index contributed by atoms with van der Waals surface area (Å²) in [6, 6.07) is 11.8. The molecule has 4 nitrogen and oxygen atoms in total. The van der Waals surface area contributed by atoms with E-state index in [0.717, 1.165) is 16.4 Å². The standard InChI is InChI=1S/C14H16ClN3OS/c1-9(12-6-7-13(15)20-12)17-8-10-2-4-11(5-3-10)14(16)18-19/h2-7,9,17,19H,8H2,1H3,(H2,16,18). The monoisotopic (exact) mass is 309 g/mol. The third-order valence-corrected chi connectivity index (χ3v) is 4.40. The summed E-state index contributed by atoms with van der Waals surface area (Å²) in [6.45, 7) is 2.85. The smallest absolute Gasteiger partial charge is 0.170 e. The fourth-order valence-corrected chi connectivity index (χ4v) is 2.87. The van der Waals surface area contributed by atoms with Crippen molar-refractivity contribution in [3.05, 3.63) is 56.7 Å². The Morgan fingerprint density at radius 1 is 1.35 bits per heavy atom. The van der Waals surface area contributed by atoms with E-state index in [1.807, 2.05) is 36.4 Å². The first-order valence-electron chi connectivity index (χ1n) is 6.15. The maximum Gasteiger partial charge on any atom is 0.170 e. The van der Waals surface area contributed by atoms with E-state index >= 15 is 0 Å². The summed E-state index contributed by atoms with van der Waals surface area (Å²) < 4.78 is 0.803. The molecule has 0 bridgehead atoms. The Morgan fingerprint density at radius 2 is 2.05 bits per heavy atom. The van der Waals surface area contributed by atoms with Gasteiger partial charge in [-0.25, -0.2) is 0 Å². The third-order valence-electron chi connectivity index (χ3n) is 2.99. The van der Waals surface area contributed by atoms with Crippen LogP contribution in [0.5, 0.6) is 0 Å². The molecular formula is C14H16ClN3OS. The second-order valence-corrected chi connectivity index (χ2v) is 6.17. The van der Waals surface area contributed by atoms with Crippen LogP contribution in [-0.4, -0.2) is 11.0 Å². The minimum atomic E-state index is 0.117. The molecule has 2 aromatic rings. The van der Waals surface area contributed by atoms with Gasteiger partial charge in [0.05, 0.1) is 4.34 Å². The van der Waals surface area contributed by atoms with Crippen molar-refractivity contribution >= 4 is 28.8 Å². The first-order valence-corrected chi connectivity index (χ1v) is 7.35. The Bertz CT molecular complexity index is 595. The van der Waals surface area contributed by atoms with E-state index in [4.69, 9.17) is 22.5 Å². The second-order valence-electron chi connectivity index (χ2n) is 4.43. The molecule has 0 spiro atoms. The molecule has 0 amide bonds. The van der Waals surface area contributed by atoms with Crippen LogP contribution in [0, 0.1) is 0 Å². The Kier molecular flexibility index (Phi) is 5.00. The van der Waals surface area contributed by atoms with Gasteiger partial charge in [-0.2, -0.15) is 0 Å². The van der Waals surface area contributed by atoms with Gasteiger partial charge in [-0.3, -0.25) is 0 Å². The number of nitrogens with two attached hydrogens (primary N) is 1. The second kappa shape index (κ2) is 6.74. The molecule has 20 heavy (non-hydrogen) atoms. The lowest BCUT2D eigenvalue weighted by atomic mass is 10.1. The van der Waals surface area contributed by atoms with Crippen LogP contribution in [0.25, 0.3) is 0 Å². The number of oxime groups is 1. The van der Waals surface area contributed by atoms with Crippen molar-refractivity contribution < 1.29 is 5.21 Å². The predicted octanol–water partition coefficient (Wildman–Crippen LogP) is 3.35. The first-order chi connectivity index (χ1) is 9.60. The van der Waals surface area contributed by atoms with Crippen LogP contribution in [0.4, 0.5) is 0 Å². The van der Waals surface area contributed by atoms with Gasteiger partial charge in [-0.05, 0) is 24.6 Å². The Labute approximate surface area is 126 Å². The summed E-state index contributed by atoms with van der Waals surface area (Å²) in [5, 5.41) is 15.0. The summed E-state index contributed by atoms with van der Waals surface area (Å²) in [4.78, 5) is 1.21. The van der Waals surface area contributed by atoms with Crippen molar-refractivity contribution in [3.63, 3.8) is 0 Å². The van der Waals surface area contributed by atoms with Crippen molar-refractivity contribution in [2.45, 2.75) is 19.5 Å². The van der Waals surface area contributed by atoms with Gasteiger partial charge in [-0.15, -0.1) is 11.3 Å². The first kappa shape index (κ1) is 14.8. The molecule has 2 rings (SSSR count). The summed E-state index contributed by atoms with van der Waals surface area (Å²) in [5.41, 5.74) is 7.35. The van der Waals surface area contributed by atoms with E-state index in [2.05, 4.69) is 17.4 Å². The molecule has 0 aliphatic carbocycles. The molecule has 1 atom stereocenters.